The number of benzene rings is 2. The quantitative estimate of drug-likeness (QED) is 0.605. The molecule has 1 aliphatic rings. The largest absolute Gasteiger partial charge is 0.497 e. The summed E-state index contributed by atoms with van der Waals surface area (Å²) in [5.74, 6) is 1.70. The summed E-state index contributed by atoms with van der Waals surface area (Å²) in [4.78, 5) is 19.2. The van der Waals surface area contributed by atoms with Crippen LogP contribution in [0.1, 0.15) is 24.0 Å². The number of methoxy groups -OCH3 is 1. The number of nitrogens with one attached hydrogen (secondary N) is 1. The van der Waals surface area contributed by atoms with E-state index in [-0.39, 0.29) is 5.91 Å². The first-order chi connectivity index (χ1) is 15.2. The monoisotopic (exact) mass is 417 g/mol. The van der Waals surface area contributed by atoms with Crippen molar-refractivity contribution in [1.29, 1.82) is 0 Å². The Morgan fingerprint density at radius 1 is 1.10 bits per heavy atom. The first-order valence-electron chi connectivity index (χ1n) is 11.2. The summed E-state index contributed by atoms with van der Waals surface area (Å²) < 4.78 is 5.23. The number of ether oxygens (including phenoxy) is 1. The van der Waals surface area contributed by atoms with Crippen LogP contribution in [0.25, 0.3) is 10.9 Å². The molecule has 3 aromatic rings. The minimum Gasteiger partial charge on any atom is -0.497 e. The van der Waals surface area contributed by atoms with Gasteiger partial charge in [-0.3, -0.25) is 14.7 Å². The molecule has 1 saturated heterocycles. The maximum Gasteiger partial charge on any atom is 0.234 e. The predicted molar refractivity (Wildman–Crippen MR) is 124 cm³/mol. The lowest BCUT2D eigenvalue weighted by atomic mass is 9.90. The summed E-state index contributed by atoms with van der Waals surface area (Å²) in [6.07, 6.45) is 6.00. The minimum atomic E-state index is 0.113. The Morgan fingerprint density at radius 3 is 2.65 bits per heavy atom. The van der Waals surface area contributed by atoms with E-state index in [0.717, 1.165) is 55.4 Å². The Morgan fingerprint density at radius 2 is 1.87 bits per heavy atom. The molecule has 31 heavy (non-hydrogen) atoms. The molecule has 5 nitrogen and oxygen atoms in total. The van der Waals surface area contributed by atoms with Crippen LogP contribution in [-0.4, -0.2) is 49.1 Å². The predicted octanol–water partition coefficient (Wildman–Crippen LogP) is 3.86. The lowest BCUT2D eigenvalue weighted by Crippen LogP contribution is -2.42. The van der Waals surface area contributed by atoms with Crippen LogP contribution in [0.4, 0.5) is 0 Å². The van der Waals surface area contributed by atoms with Gasteiger partial charge in [-0.2, -0.15) is 0 Å². The normalized spacial score (nSPS) is 15.1. The third-order valence-electron chi connectivity index (χ3n) is 6.19. The first-order valence-corrected chi connectivity index (χ1v) is 11.2. The molecule has 1 aromatic heterocycles. The van der Waals surface area contributed by atoms with Gasteiger partial charge in [-0.15, -0.1) is 0 Å². The second-order valence-corrected chi connectivity index (χ2v) is 8.36. The summed E-state index contributed by atoms with van der Waals surface area (Å²) in [7, 11) is 1.70. The lowest BCUT2D eigenvalue weighted by Gasteiger charge is -2.31. The summed E-state index contributed by atoms with van der Waals surface area (Å²) in [6.45, 7) is 3.11. The third kappa shape index (κ3) is 5.82. The average molecular weight is 418 g/mol. The number of hydrogen-bond acceptors (Lipinski definition) is 4. The molecule has 2 aromatic carbocycles. The molecule has 1 aliphatic heterocycles. The molecule has 0 spiro atoms. The smallest absolute Gasteiger partial charge is 0.234 e. The highest BCUT2D eigenvalue weighted by Gasteiger charge is 2.21. The molecule has 0 aliphatic carbocycles. The number of aromatic nitrogens is 1. The van der Waals surface area contributed by atoms with Crippen molar-refractivity contribution < 1.29 is 9.53 Å². The van der Waals surface area contributed by atoms with E-state index in [1.807, 2.05) is 24.4 Å². The van der Waals surface area contributed by atoms with Crippen molar-refractivity contribution in [3.63, 3.8) is 0 Å². The fraction of sp³-hybridized carbons (Fsp3) is 0.385. The fourth-order valence-corrected chi connectivity index (χ4v) is 4.41. The van der Waals surface area contributed by atoms with Crippen molar-refractivity contribution >= 4 is 16.8 Å². The van der Waals surface area contributed by atoms with Gasteiger partial charge in [-0.25, -0.2) is 0 Å². The highest BCUT2D eigenvalue weighted by Crippen LogP contribution is 2.23. The van der Waals surface area contributed by atoms with E-state index in [0.29, 0.717) is 19.0 Å². The molecule has 5 heteroatoms. The molecule has 0 radical (unpaired) electrons. The SMILES string of the molecule is COc1ccc(CC2CCN(CC(=O)NCCc3cccc4cccnc34)CC2)cc1. The number of amides is 1. The maximum atomic E-state index is 12.4. The van der Waals surface area contributed by atoms with Gasteiger partial charge in [0, 0.05) is 18.1 Å². The van der Waals surface area contributed by atoms with Crippen LogP contribution in [0.15, 0.2) is 60.8 Å². The molecule has 1 fully saturated rings. The van der Waals surface area contributed by atoms with Gasteiger partial charge in [0.05, 0.1) is 19.2 Å². The number of nitrogens with zero attached hydrogens (tertiary/aromatic N) is 2. The number of carbonyl (C=O) groups excluding carboxylic acids is 1. The van der Waals surface area contributed by atoms with E-state index < -0.39 is 0 Å². The Kier molecular flexibility index (Phi) is 7.15. The topological polar surface area (TPSA) is 54.5 Å². The van der Waals surface area contributed by atoms with E-state index in [1.165, 1.54) is 11.1 Å². The number of carbonyl (C=O) groups is 1. The molecule has 2 heterocycles. The average Bonchev–Trinajstić information content (AvgIpc) is 2.81. The Balaban J connectivity index is 1.18. The van der Waals surface area contributed by atoms with E-state index in [2.05, 4.69) is 51.6 Å². The zero-order valence-corrected chi connectivity index (χ0v) is 18.2. The molecule has 0 atom stereocenters. The van der Waals surface area contributed by atoms with Crippen LogP contribution < -0.4 is 10.1 Å². The summed E-state index contributed by atoms with van der Waals surface area (Å²) in [5, 5.41) is 4.23. The van der Waals surface area contributed by atoms with Crippen LogP contribution >= 0.6 is 0 Å². The minimum absolute atomic E-state index is 0.113. The van der Waals surface area contributed by atoms with Gasteiger partial charge < -0.3 is 10.1 Å². The van der Waals surface area contributed by atoms with Crippen molar-refractivity contribution in [3.8, 4) is 5.75 Å². The van der Waals surface area contributed by atoms with Gasteiger partial charge in [-0.05, 0) is 74.0 Å². The summed E-state index contributed by atoms with van der Waals surface area (Å²) in [6, 6.07) is 18.6. The molecule has 0 bridgehead atoms. The molecule has 0 saturated carbocycles. The number of para-hydroxylation sites is 1. The van der Waals surface area contributed by atoms with Gasteiger partial charge in [0.1, 0.15) is 5.75 Å². The molecule has 1 amide bonds. The van der Waals surface area contributed by atoms with Gasteiger partial charge in [0.15, 0.2) is 0 Å². The van der Waals surface area contributed by atoms with Gasteiger partial charge in [0.25, 0.3) is 0 Å². The van der Waals surface area contributed by atoms with Crippen molar-refractivity contribution in [3.05, 3.63) is 71.9 Å². The molecular weight excluding hydrogens is 386 g/mol. The van der Waals surface area contributed by atoms with Crippen LogP contribution in [0.5, 0.6) is 5.75 Å². The molecule has 0 unspecified atom stereocenters. The van der Waals surface area contributed by atoms with Crippen LogP contribution in [-0.2, 0) is 17.6 Å². The standard InChI is InChI=1S/C26H31N3O2/c1-31-24-9-7-20(8-10-24)18-21-12-16-29(17-13-21)19-25(30)27-15-11-23-5-2-4-22-6-3-14-28-26(22)23/h2-10,14,21H,11-13,15-19H2,1H3,(H,27,30). The highest BCUT2D eigenvalue weighted by atomic mass is 16.5. The summed E-state index contributed by atoms with van der Waals surface area (Å²) >= 11 is 0. The van der Waals surface area contributed by atoms with Crippen molar-refractivity contribution in [1.82, 2.24) is 15.2 Å². The number of hydrogen-bond donors (Lipinski definition) is 1. The molecule has 162 valence electrons. The summed E-state index contributed by atoms with van der Waals surface area (Å²) in [5.41, 5.74) is 3.57. The Hall–Kier alpha value is -2.92. The number of likely N-dealkylation sites (tertiary alicyclic amines) is 1. The molecular formula is C26H31N3O2. The Labute approximate surface area is 184 Å². The second kappa shape index (κ2) is 10.4. The zero-order chi connectivity index (χ0) is 21.5. The lowest BCUT2D eigenvalue weighted by molar-refractivity contribution is -0.122. The van der Waals surface area contributed by atoms with Crippen molar-refractivity contribution in [2.75, 3.05) is 33.3 Å². The molecule has 4 rings (SSSR count). The Bertz CT molecular complexity index is 990. The number of piperidine rings is 1. The van der Waals surface area contributed by atoms with E-state index in [4.69, 9.17) is 4.74 Å². The van der Waals surface area contributed by atoms with Gasteiger partial charge in [0.2, 0.25) is 5.91 Å². The zero-order valence-electron chi connectivity index (χ0n) is 18.2. The van der Waals surface area contributed by atoms with Gasteiger partial charge >= 0.3 is 0 Å². The van der Waals surface area contributed by atoms with E-state index in [1.54, 1.807) is 7.11 Å². The number of pyridine rings is 1. The van der Waals surface area contributed by atoms with E-state index >= 15 is 0 Å². The van der Waals surface area contributed by atoms with Crippen LogP contribution in [0.2, 0.25) is 0 Å². The van der Waals surface area contributed by atoms with Crippen molar-refractivity contribution in [2.24, 2.45) is 5.92 Å². The number of rotatable bonds is 8. The maximum absolute atomic E-state index is 12.4. The van der Waals surface area contributed by atoms with Gasteiger partial charge in [-0.1, -0.05) is 36.4 Å². The first kappa shape index (κ1) is 21.3. The third-order valence-corrected chi connectivity index (χ3v) is 6.19. The molecule has 1 N–H and O–H groups in total. The van der Waals surface area contributed by atoms with Crippen molar-refractivity contribution in [2.45, 2.75) is 25.7 Å². The fourth-order valence-electron chi connectivity index (χ4n) is 4.41. The van der Waals surface area contributed by atoms with Crippen LogP contribution in [0.3, 0.4) is 0 Å². The number of fused-ring (bicyclic) bond motifs is 1. The highest BCUT2D eigenvalue weighted by molar-refractivity contribution is 5.82. The second-order valence-electron chi connectivity index (χ2n) is 8.36. The van der Waals surface area contributed by atoms with E-state index in [9.17, 15) is 4.79 Å². The van der Waals surface area contributed by atoms with Crippen LogP contribution in [0, 0.1) is 5.92 Å².